The van der Waals surface area contributed by atoms with Gasteiger partial charge in [0.15, 0.2) is 0 Å². The maximum Gasteiger partial charge on any atom is 0.319 e. The second kappa shape index (κ2) is 7.04. The van der Waals surface area contributed by atoms with Crippen LogP contribution in [0.1, 0.15) is 33.3 Å². The van der Waals surface area contributed by atoms with Gasteiger partial charge in [-0.2, -0.15) is 0 Å². The van der Waals surface area contributed by atoms with E-state index in [0.717, 1.165) is 12.1 Å². The Morgan fingerprint density at radius 1 is 1.17 bits per heavy atom. The van der Waals surface area contributed by atoms with E-state index in [1.54, 1.807) is 0 Å². The highest BCUT2D eigenvalue weighted by molar-refractivity contribution is 5.89. The van der Waals surface area contributed by atoms with Crippen molar-refractivity contribution in [2.45, 2.75) is 34.1 Å². The Morgan fingerprint density at radius 2 is 1.89 bits per heavy atom. The molecule has 0 aliphatic heterocycles. The van der Waals surface area contributed by atoms with Gasteiger partial charge in [0.05, 0.1) is 0 Å². The zero-order valence-corrected chi connectivity index (χ0v) is 11.8. The second-order valence-electron chi connectivity index (χ2n) is 5.53. The molecule has 2 N–H and O–H groups in total. The molecule has 100 valence electrons. The summed E-state index contributed by atoms with van der Waals surface area (Å²) in [5.74, 6) is 1.08. The van der Waals surface area contributed by atoms with E-state index < -0.39 is 0 Å². The minimum absolute atomic E-state index is 0.134. The number of nitrogens with one attached hydrogen (secondary N) is 2. The van der Waals surface area contributed by atoms with E-state index in [-0.39, 0.29) is 6.03 Å². The first-order valence-corrected chi connectivity index (χ1v) is 6.61. The number of rotatable bonds is 5. The molecule has 0 spiro atoms. The Labute approximate surface area is 110 Å². The molecule has 0 saturated heterocycles. The van der Waals surface area contributed by atoms with Crippen molar-refractivity contribution in [2.75, 3.05) is 11.9 Å². The molecular formula is C15H24N2O. The molecule has 0 atom stereocenters. The molecule has 0 heterocycles. The molecule has 0 aromatic heterocycles. The van der Waals surface area contributed by atoms with Crippen LogP contribution in [0.2, 0.25) is 0 Å². The Balaban J connectivity index is 2.53. The van der Waals surface area contributed by atoms with E-state index in [9.17, 15) is 4.79 Å². The summed E-state index contributed by atoms with van der Waals surface area (Å²) < 4.78 is 0. The van der Waals surface area contributed by atoms with Crippen molar-refractivity contribution in [3.63, 3.8) is 0 Å². The van der Waals surface area contributed by atoms with Crippen LogP contribution in [0.25, 0.3) is 0 Å². The first kappa shape index (κ1) is 14.6. The maximum atomic E-state index is 11.6. The van der Waals surface area contributed by atoms with Crippen LogP contribution < -0.4 is 10.6 Å². The summed E-state index contributed by atoms with van der Waals surface area (Å²) in [4.78, 5) is 11.6. The molecule has 0 unspecified atom stereocenters. The highest BCUT2D eigenvalue weighted by Gasteiger charge is 2.04. The van der Waals surface area contributed by atoms with Gasteiger partial charge in [0, 0.05) is 12.2 Å². The number of anilines is 1. The lowest BCUT2D eigenvalue weighted by atomic mass is 10.0. The maximum absolute atomic E-state index is 11.6. The Kier molecular flexibility index (Phi) is 5.69. The molecule has 1 aromatic carbocycles. The third-order valence-electron chi connectivity index (χ3n) is 2.50. The van der Waals surface area contributed by atoms with Crippen molar-refractivity contribution in [1.82, 2.24) is 5.32 Å². The van der Waals surface area contributed by atoms with Gasteiger partial charge in [-0.1, -0.05) is 39.8 Å². The van der Waals surface area contributed by atoms with Crippen molar-refractivity contribution in [1.29, 1.82) is 0 Å². The number of amides is 2. The van der Waals surface area contributed by atoms with Gasteiger partial charge < -0.3 is 10.6 Å². The van der Waals surface area contributed by atoms with Gasteiger partial charge >= 0.3 is 6.03 Å². The smallest absolute Gasteiger partial charge is 0.319 e. The van der Waals surface area contributed by atoms with Gasteiger partial charge in [-0.05, 0) is 36.0 Å². The molecule has 2 amide bonds. The van der Waals surface area contributed by atoms with Crippen LogP contribution in [0.5, 0.6) is 0 Å². The molecular weight excluding hydrogens is 224 g/mol. The number of hydrogen-bond acceptors (Lipinski definition) is 1. The van der Waals surface area contributed by atoms with Crippen molar-refractivity contribution in [3.8, 4) is 0 Å². The summed E-state index contributed by atoms with van der Waals surface area (Å²) in [6, 6.07) is 7.89. The van der Waals surface area contributed by atoms with Crippen molar-refractivity contribution in [3.05, 3.63) is 29.8 Å². The van der Waals surface area contributed by atoms with Gasteiger partial charge in [0.1, 0.15) is 0 Å². The van der Waals surface area contributed by atoms with E-state index >= 15 is 0 Å². The topological polar surface area (TPSA) is 41.1 Å². The number of hydrogen-bond donors (Lipinski definition) is 2. The minimum atomic E-state index is -0.134. The monoisotopic (exact) mass is 248 g/mol. The summed E-state index contributed by atoms with van der Waals surface area (Å²) in [5.41, 5.74) is 2.11. The van der Waals surface area contributed by atoms with Crippen LogP contribution in [-0.4, -0.2) is 12.6 Å². The molecule has 0 fully saturated rings. The summed E-state index contributed by atoms with van der Waals surface area (Å²) >= 11 is 0. The fourth-order valence-corrected chi connectivity index (χ4v) is 1.72. The van der Waals surface area contributed by atoms with E-state index in [4.69, 9.17) is 0 Å². The zero-order valence-electron chi connectivity index (χ0n) is 11.8. The van der Waals surface area contributed by atoms with Crippen LogP contribution >= 0.6 is 0 Å². The lowest BCUT2D eigenvalue weighted by Gasteiger charge is -2.11. The second-order valence-corrected chi connectivity index (χ2v) is 5.53. The van der Waals surface area contributed by atoms with Crippen LogP contribution in [0, 0.1) is 11.8 Å². The van der Waals surface area contributed by atoms with Gasteiger partial charge in [0.25, 0.3) is 0 Å². The van der Waals surface area contributed by atoms with E-state index in [1.165, 1.54) is 5.56 Å². The molecule has 1 aromatic rings. The first-order chi connectivity index (χ1) is 8.47. The van der Waals surface area contributed by atoms with Gasteiger partial charge in [-0.15, -0.1) is 0 Å². The van der Waals surface area contributed by atoms with Crippen molar-refractivity contribution < 1.29 is 4.79 Å². The predicted octanol–water partition coefficient (Wildman–Crippen LogP) is 3.66. The molecule has 0 aliphatic carbocycles. The fourth-order valence-electron chi connectivity index (χ4n) is 1.72. The molecule has 0 bridgehead atoms. The highest BCUT2D eigenvalue weighted by Crippen LogP contribution is 2.14. The highest BCUT2D eigenvalue weighted by atomic mass is 16.2. The SMILES string of the molecule is CC(C)CNC(=O)Nc1cccc(CC(C)C)c1. The van der Waals surface area contributed by atoms with Gasteiger partial charge in [0.2, 0.25) is 0 Å². The standard InChI is InChI=1S/C15H24N2O/c1-11(2)8-13-6-5-7-14(9-13)17-15(18)16-10-12(3)4/h5-7,9,11-12H,8,10H2,1-4H3,(H2,16,17,18). The lowest BCUT2D eigenvalue weighted by Crippen LogP contribution is -2.31. The Hall–Kier alpha value is -1.51. The summed E-state index contributed by atoms with van der Waals surface area (Å²) in [6.07, 6.45) is 1.03. The summed E-state index contributed by atoms with van der Waals surface area (Å²) in [6.45, 7) is 9.22. The number of benzene rings is 1. The minimum Gasteiger partial charge on any atom is -0.338 e. The summed E-state index contributed by atoms with van der Waals surface area (Å²) in [5, 5.41) is 5.70. The van der Waals surface area contributed by atoms with Gasteiger partial charge in [-0.25, -0.2) is 4.79 Å². The van der Waals surface area contributed by atoms with E-state index in [1.807, 2.05) is 18.2 Å². The molecule has 3 nitrogen and oxygen atoms in total. The lowest BCUT2D eigenvalue weighted by molar-refractivity contribution is 0.251. The normalized spacial score (nSPS) is 10.8. The number of carbonyl (C=O) groups excluding carboxylic acids is 1. The quantitative estimate of drug-likeness (QED) is 0.820. The van der Waals surface area contributed by atoms with Crippen LogP contribution in [-0.2, 0) is 6.42 Å². The average molecular weight is 248 g/mol. The van der Waals surface area contributed by atoms with Crippen LogP contribution in [0.3, 0.4) is 0 Å². The van der Waals surface area contributed by atoms with E-state index in [0.29, 0.717) is 18.4 Å². The Morgan fingerprint density at radius 3 is 2.50 bits per heavy atom. The van der Waals surface area contributed by atoms with E-state index in [2.05, 4.69) is 44.4 Å². The van der Waals surface area contributed by atoms with Crippen LogP contribution in [0.4, 0.5) is 10.5 Å². The molecule has 0 saturated carbocycles. The zero-order chi connectivity index (χ0) is 13.5. The van der Waals surface area contributed by atoms with Crippen molar-refractivity contribution >= 4 is 11.7 Å². The first-order valence-electron chi connectivity index (χ1n) is 6.61. The molecule has 18 heavy (non-hydrogen) atoms. The molecule has 3 heteroatoms. The van der Waals surface area contributed by atoms with Crippen LogP contribution in [0.15, 0.2) is 24.3 Å². The number of urea groups is 1. The molecule has 0 radical (unpaired) electrons. The third-order valence-corrected chi connectivity index (χ3v) is 2.50. The van der Waals surface area contributed by atoms with Gasteiger partial charge in [-0.3, -0.25) is 0 Å². The Bertz CT molecular complexity index is 386. The third kappa shape index (κ3) is 5.71. The molecule has 1 rings (SSSR count). The summed E-state index contributed by atoms with van der Waals surface area (Å²) in [7, 11) is 0. The average Bonchev–Trinajstić information content (AvgIpc) is 2.26. The predicted molar refractivity (Wildman–Crippen MR) is 76.8 cm³/mol. The fraction of sp³-hybridized carbons (Fsp3) is 0.533. The molecule has 0 aliphatic rings. The van der Waals surface area contributed by atoms with Crippen molar-refractivity contribution in [2.24, 2.45) is 11.8 Å². The largest absolute Gasteiger partial charge is 0.338 e. The number of carbonyl (C=O) groups is 1.